The van der Waals surface area contributed by atoms with E-state index in [2.05, 4.69) is 22.3 Å². The van der Waals surface area contributed by atoms with Crippen LogP contribution in [0.25, 0.3) is 0 Å². The number of benzene rings is 4. The van der Waals surface area contributed by atoms with Crippen LogP contribution in [0.2, 0.25) is 0 Å². The maximum atomic E-state index is 14.1. The van der Waals surface area contributed by atoms with Gasteiger partial charge in [0.2, 0.25) is 0 Å². The van der Waals surface area contributed by atoms with Crippen molar-refractivity contribution in [3.05, 3.63) is 118 Å². The molecule has 4 aromatic carbocycles. The predicted octanol–water partition coefficient (Wildman–Crippen LogP) is 6.47. The lowest BCUT2D eigenvalue weighted by molar-refractivity contribution is 0.0694. The minimum atomic E-state index is -0.375. The zero-order valence-corrected chi connectivity index (χ0v) is 25.9. The molecule has 4 aromatic rings. The largest absolute Gasteiger partial charge is 0.507 e. The quantitative estimate of drug-likeness (QED) is 0.274. The molecule has 1 saturated heterocycles. The number of nitrogens with zero attached hydrogens (tertiary/aromatic N) is 2. The Balaban J connectivity index is 1.20. The zero-order valence-electron chi connectivity index (χ0n) is 25.9. The van der Waals surface area contributed by atoms with E-state index in [1.54, 1.807) is 12.1 Å². The second-order valence-corrected chi connectivity index (χ2v) is 12.4. The third kappa shape index (κ3) is 6.44. The number of fused-ring (bicyclic) bond motifs is 1. The van der Waals surface area contributed by atoms with Gasteiger partial charge in [-0.2, -0.15) is 0 Å². The van der Waals surface area contributed by atoms with Gasteiger partial charge in [0.25, 0.3) is 11.8 Å². The maximum Gasteiger partial charge on any atom is 0.255 e. The summed E-state index contributed by atoms with van der Waals surface area (Å²) in [6, 6.07) is 26.4. The van der Waals surface area contributed by atoms with Crippen LogP contribution in [0.1, 0.15) is 74.7 Å². The third-order valence-electron chi connectivity index (χ3n) is 9.18. The van der Waals surface area contributed by atoms with E-state index in [0.29, 0.717) is 49.6 Å². The molecule has 0 radical (unpaired) electrons. The van der Waals surface area contributed by atoms with Crippen LogP contribution in [-0.2, 0) is 13.0 Å². The molecule has 236 valence electrons. The Morgan fingerprint density at radius 1 is 0.826 bits per heavy atom. The number of amides is 2. The standard InChI is InChI=1S/C38H39N3O5/c42-35-16-14-32-24-34(35)37(43)39-18-4-22-45-30-11-9-27(10-12-30)36-33-15-13-31(46-32)23-29(33)17-21-41(36)38(44)28-7-5-26(6-8-28)25-40-19-2-1-3-20-40/h5-16,23-24,36,42H,1-4,17-22,25H2,(H,39,43). The topological polar surface area (TPSA) is 91.3 Å². The number of phenols is 1. The molecule has 0 aromatic heterocycles. The first-order chi connectivity index (χ1) is 22.5. The van der Waals surface area contributed by atoms with Crippen LogP contribution in [-0.4, -0.2) is 59.5 Å². The Bertz CT molecular complexity index is 1710. The molecule has 0 spiro atoms. The van der Waals surface area contributed by atoms with Gasteiger partial charge >= 0.3 is 0 Å². The smallest absolute Gasteiger partial charge is 0.255 e. The minimum absolute atomic E-state index is 0.00741. The van der Waals surface area contributed by atoms with Crippen molar-refractivity contribution in [2.45, 2.75) is 44.7 Å². The summed E-state index contributed by atoms with van der Waals surface area (Å²) in [6.45, 7) is 4.56. The number of aromatic hydroxyl groups is 1. The van der Waals surface area contributed by atoms with E-state index in [1.165, 1.54) is 30.9 Å². The fourth-order valence-electron chi connectivity index (χ4n) is 6.74. The summed E-state index contributed by atoms with van der Waals surface area (Å²) in [5.41, 5.74) is 5.22. The van der Waals surface area contributed by atoms with Gasteiger partial charge in [0.05, 0.1) is 18.2 Å². The Kier molecular flexibility index (Phi) is 8.62. The Morgan fingerprint density at radius 2 is 1.57 bits per heavy atom. The number of hydrogen-bond acceptors (Lipinski definition) is 6. The maximum absolute atomic E-state index is 14.1. The van der Waals surface area contributed by atoms with E-state index in [0.717, 1.165) is 42.1 Å². The molecule has 2 N–H and O–H groups in total. The van der Waals surface area contributed by atoms with Crippen molar-refractivity contribution in [2.24, 2.45) is 0 Å². The van der Waals surface area contributed by atoms with Crippen LogP contribution in [0.4, 0.5) is 0 Å². The fraction of sp³-hybridized carbons (Fsp3) is 0.316. The van der Waals surface area contributed by atoms with Crippen molar-refractivity contribution in [1.82, 2.24) is 15.1 Å². The summed E-state index contributed by atoms with van der Waals surface area (Å²) in [5.74, 6) is 1.32. The highest BCUT2D eigenvalue weighted by atomic mass is 16.5. The fourth-order valence-corrected chi connectivity index (χ4v) is 6.74. The average molecular weight is 618 g/mol. The van der Waals surface area contributed by atoms with Crippen molar-refractivity contribution in [3.8, 4) is 23.0 Å². The molecule has 8 bridgehead atoms. The second kappa shape index (κ2) is 13.3. The van der Waals surface area contributed by atoms with Gasteiger partial charge in [0, 0.05) is 25.2 Å². The van der Waals surface area contributed by atoms with E-state index < -0.39 is 0 Å². The van der Waals surface area contributed by atoms with Gasteiger partial charge in [-0.15, -0.1) is 0 Å². The van der Waals surface area contributed by atoms with Gasteiger partial charge in [0.1, 0.15) is 23.0 Å². The highest BCUT2D eigenvalue weighted by Crippen LogP contribution is 2.39. The number of ether oxygens (including phenoxy) is 2. The molecule has 5 aliphatic rings. The lowest BCUT2D eigenvalue weighted by Crippen LogP contribution is -2.40. The molecular formula is C38H39N3O5. The van der Waals surface area contributed by atoms with Gasteiger partial charge in [-0.3, -0.25) is 14.5 Å². The Hall–Kier alpha value is -4.82. The summed E-state index contributed by atoms with van der Waals surface area (Å²) in [4.78, 5) is 31.4. The zero-order chi connectivity index (χ0) is 31.5. The van der Waals surface area contributed by atoms with Crippen molar-refractivity contribution in [1.29, 1.82) is 0 Å². The van der Waals surface area contributed by atoms with Crippen LogP contribution in [0.15, 0.2) is 84.9 Å². The predicted molar refractivity (Wildman–Crippen MR) is 176 cm³/mol. The number of phenolic OH excluding ortho intramolecular Hbond substituents is 1. The molecule has 1 unspecified atom stereocenters. The summed E-state index contributed by atoms with van der Waals surface area (Å²) in [5, 5.41) is 13.2. The molecular weight excluding hydrogens is 578 g/mol. The van der Waals surface area contributed by atoms with Crippen LogP contribution < -0.4 is 14.8 Å². The van der Waals surface area contributed by atoms with Crippen LogP contribution in [0, 0.1) is 0 Å². The molecule has 2 amide bonds. The van der Waals surface area contributed by atoms with E-state index in [-0.39, 0.29) is 29.2 Å². The molecule has 8 nitrogen and oxygen atoms in total. The molecule has 5 aliphatic heterocycles. The monoisotopic (exact) mass is 617 g/mol. The summed E-state index contributed by atoms with van der Waals surface area (Å²) < 4.78 is 12.1. The number of piperidine rings is 1. The number of rotatable bonds is 3. The summed E-state index contributed by atoms with van der Waals surface area (Å²) in [7, 11) is 0. The van der Waals surface area contributed by atoms with Gasteiger partial charge < -0.3 is 24.8 Å². The highest BCUT2D eigenvalue weighted by molar-refractivity contribution is 5.97. The molecule has 8 heteroatoms. The normalized spacial score (nSPS) is 18.5. The molecule has 0 saturated carbocycles. The van der Waals surface area contributed by atoms with Crippen molar-refractivity contribution in [2.75, 3.05) is 32.8 Å². The summed E-state index contributed by atoms with van der Waals surface area (Å²) >= 11 is 0. The first-order valence-corrected chi connectivity index (χ1v) is 16.3. The van der Waals surface area contributed by atoms with Gasteiger partial charge in [-0.05, 0) is 116 Å². The SMILES string of the molecule is O=C1NCCCOc2ccc(cc2)C2c3ccc(cc3CCN2C(=O)c2ccc(CN3CCCCC3)cc2)Oc2ccc(O)c1c2. The molecule has 1 fully saturated rings. The molecule has 0 aliphatic carbocycles. The van der Waals surface area contributed by atoms with E-state index in [4.69, 9.17) is 9.47 Å². The van der Waals surface area contributed by atoms with Gasteiger partial charge in [-0.1, -0.05) is 36.8 Å². The van der Waals surface area contributed by atoms with Gasteiger partial charge in [0.15, 0.2) is 0 Å². The lowest BCUT2D eigenvalue weighted by Gasteiger charge is -2.38. The third-order valence-corrected chi connectivity index (χ3v) is 9.18. The van der Waals surface area contributed by atoms with Crippen LogP contribution in [0.3, 0.4) is 0 Å². The highest BCUT2D eigenvalue weighted by Gasteiger charge is 2.33. The van der Waals surface area contributed by atoms with E-state index in [1.807, 2.05) is 59.5 Å². The number of hydrogen-bond donors (Lipinski definition) is 2. The number of carbonyl (C=O) groups is 2. The molecule has 9 rings (SSSR count). The van der Waals surface area contributed by atoms with Crippen molar-refractivity contribution < 1.29 is 24.2 Å². The minimum Gasteiger partial charge on any atom is -0.507 e. The van der Waals surface area contributed by atoms with E-state index in [9.17, 15) is 14.7 Å². The number of nitrogens with one attached hydrogen (secondary N) is 1. The van der Waals surface area contributed by atoms with Gasteiger partial charge in [-0.25, -0.2) is 0 Å². The first-order valence-electron chi connectivity index (χ1n) is 16.3. The van der Waals surface area contributed by atoms with Crippen LogP contribution in [0.5, 0.6) is 23.0 Å². The average Bonchev–Trinajstić information content (AvgIpc) is 3.09. The van der Waals surface area contributed by atoms with Crippen molar-refractivity contribution >= 4 is 11.8 Å². The van der Waals surface area contributed by atoms with Crippen LogP contribution >= 0.6 is 0 Å². The Labute approximate surface area is 269 Å². The number of likely N-dealkylation sites (tertiary alicyclic amines) is 1. The molecule has 1 atom stereocenters. The molecule has 46 heavy (non-hydrogen) atoms. The second-order valence-electron chi connectivity index (χ2n) is 12.4. The Morgan fingerprint density at radius 3 is 2.37 bits per heavy atom. The lowest BCUT2D eigenvalue weighted by atomic mass is 9.87. The number of carbonyl (C=O) groups excluding carboxylic acids is 2. The summed E-state index contributed by atoms with van der Waals surface area (Å²) in [6.07, 6.45) is 5.09. The van der Waals surface area contributed by atoms with Crippen molar-refractivity contribution in [3.63, 3.8) is 0 Å². The van der Waals surface area contributed by atoms with E-state index >= 15 is 0 Å². The molecule has 5 heterocycles. The first kappa shape index (κ1) is 29.9.